The smallest absolute Gasteiger partial charge is 0.267 e. The van der Waals surface area contributed by atoms with Crippen LogP contribution in [-0.2, 0) is 14.4 Å². The van der Waals surface area contributed by atoms with Gasteiger partial charge in [0.1, 0.15) is 0 Å². The molecule has 2 atom stereocenters. The van der Waals surface area contributed by atoms with Crippen molar-refractivity contribution in [2.75, 3.05) is 0 Å². The third-order valence-corrected chi connectivity index (χ3v) is 2.23. The van der Waals surface area contributed by atoms with Crippen LogP contribution in [-0.4, -0.2) is 29.4 Å². The zero-order valence-corrected chi connectivity index (χ0v) is 5.79. The van der Waals surface area contributed by atoms with E-state index in [-0.39, 0.29) is 12.1 Å². The van der Waals surface area contributed by atoms with E-state index in [1.54, 1.807) is 0 Å². The highest BCUT2D eigenvalue weighted by Crippen LogP contribution is 2.19. The van der Waals surface area contributed by atoms with Gasteiger partial charge in [-0.15, -0.1) is 0 Å². The average Bonchev–Trinajstić information content (AvgIpc) is 2.44. The van der Waals surface area contributed by atoms with Gasteiger partial charge < -0.3 is 0 Å². The molecule has 0 spiro atoms. The minimum absolute atomic E-state index is 0.370. The molecule has 0 aromatic rings. The SMILES string of the molecule is O=C1C(=O)[C@H]2CC[C@@H](N2)C1=O. The summed E-state index contributed by atoms with van der Waals surface area (Å²) in [6.45, 7) is 0. The van der Waals surface area contributed by atoms with Gasteiger partial charge in [-0.25, -0.2) is 0 Å². The van der Waals surface area contributed by atoms with E-state index in [9.17, 15) is 14.4 Å². The molecule has 0 saturated carbocycles. The lowest BCUT2D eigenvalue weighted by Gasteiger charge is -2.16. The van der Waals surface area contributed by atoms with Crippen molar-refractivity contribution in [3.8, 4) is 0 Å². The monoisotopic (exact) mass is 153 g/mol. The Bertz CT molecular complexity index is 234. The van der Waals surface area contributed by atoms with Crippen LogP contribution in [0.3, 0.4) is 0 Å². The molecule has 0 aromatic carbocycles. The third kappa shape index (κ3) is 0.758. The van der Waals surface area contributed by atoms with Crippen LogP contribution in [0.2, 0.25) is 0 Å². The number of ketones is 3. The largest absolute Gasteiger partial charge is 0.297 e. The first-order valence-corrected chi connectivity index (χ1v) is 3.58. The second-order valence-electron chi connectivity index (χ2n) is 2.91. The number of piperidine rings is 1. The maximum absolute atomic E-state index is 11.0. The average molecular weight is 153 g/mol. The molecule has 0 unspecified atom stereocenters. The second kappa shape index (κ2) is 1.98. The van der Waals surface area contributed by atoms with Crippen LogP contribution >= 0.6 is 0 Å². The van der Waals surface area contributed by atoms with Crippen LogP contribution in [0.15, 0.2) is 0 Å². The highest BCUT2D eigenvalue weighted by atomic mass is 16.2. The summed E-state index contributed by atoms with van der Waals surface area (Å²) in [6.07, 6.45) is 1.25. The summed E-state index contributed by atoms with van der Waals surface area (Å²) >= 11 is 0. The van der Waals surface area contributed by atoms with E-state index in [0.29, 0.717) is 12.8 Å². The zero-order valence-electron chi connectivity index (χ0n) is 5.79. The number of hydrogen-bond acceptors (Lipinski definition) is 4. The summed E-state index contributed by atoms with van der Waals surface area (Å²) in [6, 6.07) is -0.740. The molecular formula is C7H7NO3. The molecular weight excluding hydrogens is 146 g/mol. The molecule has 4 heteroatoms. The van der Waals surface area contributed by atoms with Gasteiger partial charge in [-0.3, -0.25) is 19.7 Å². The van der Waals surface area contributed by atoms with E-state index < -0.39 is 17.3 Å². The van der Waals surface area contributed by atoms with Gasteiger partial charge in [0.05, 0.1) is 12.1 Å². The predicted molar refractivity (Wildman–Crippen MR) is 35.0 cm³/mol. The Labute approximate surface area is 63.0 Å². The lowest BCUT2D eigenvalue weighted by atomic mass is 10.0. The standard InChI is InChI=1S/C7H7NO3/c9-5-3-1-2-4(8-3)6(10)7(5)11/h3-4,8H,1-2H2/t3-,4-/m1/s1. The Hall–Kier alpha value is -1.03. The maximum Gasteiger partial charge on any atom is 0.267 e. The molecule has 58 valence electrons. The molecule has 4 nitrogen and oxygen atoms in total. The van der Waals surface area contributed by atoms with Gasteiger partial charge in [0, 0.05) is 0 Å². The predicted octanol–water partition coefficient (Wildman–Crippen LogP) is -1.17. The van der Waals surface area contributed by atoms with Crippen LogP contribution in [0, 0.1) is 0 Å². The fourth-order valence-corrected chi connectivity index (χ4v) is 1.59. The number of carbonyl (C=O) groups is 3. The van der Waals surface area contributed by atoms with Gasteiger partial charge in [-0.05, 0) is 12.8 Å². The number of fused-ring (bicyclic) bond motifs is 2. The van der Waals surface area contributed by atoms with E-state index in [1.165, 1.54) is 0 Å². The first-order valence-electron chi connectivity index (χ1n) is 3.58. The molecule has 0 aliphatic carbocycles. The molecule has 1 N–H and O–H groups in total. The van der Waals surface area contributed by atoms with Crippen molar-refractivity contribution in [1.82, 2.24) is 5.32 Å². The van der Waals surface area contributed by atoms with Gasteiger partial charge in [0.15, 0.2) is 0 Å². The molecule has 2 heterocycles. The van der Waals surface area contributed by atoms with Crippen LogP contribution in [0.5, 0.6) is 0 Å². The highest BCUT2D eigenvalue weighted by Gasteiger charge is 2.45. The Balaban J connectivity index is 2.37. The van der Waals surface area contributed by atoms with E-state index in [2.05, 4.69) is 5.32 Å². The lowest BCUT2D eigenvalue weighted by molar-refractivity contribution is -0.146. The number of rotatable bonds is 0. The van der Waals surface area contributed by atoms with E-state index >= 15 is 0 Å². The van der Waals surface area contributed by atoms with Crippen molar-refractivity contribution in [3.05, 3.63) is 0 Å². The zero-order chi connectivity index (χ0) is 8.01. The minimum Gasteiger partial charge on any atom is -0.297 e. The second-order valence-corrected chi connectivity index (χ2v) is 2.91. The van der Waals surface area contributed by atoms with Crippen LogP contribution in [0.4, 0.5) is 0 Å². The van der Waals surface area contributed by atoms with Crippen molar-refractivity contribution in [2.45, 2.75) is 24.9 Å². The molecule has 0 radical (unpaired) electrons. The molecule has 11 heavy (non-hydrogen) atoms. The molecule has 0 amide bonds. The summed E-state index contributed by atoms with van der Waals surface area (Å²) in [7, 11) is 0. The number of Topliss-reactive ketones (excluding diaryl/α,β-unsaturated/α-hetero) is 3. The molecule has 2 fully saturated rings. The van der Waals surface area contributed by atoms with Crippen molar-refractivity contribution in [3.63, 3.8) is 0 Å². The third-order valence-electron chi connectivity index (χ3n) is 2.23. The molecule has 2 rings (SSSR count). The maximum atomic E-state index is 11.0. The highest BCUT2D eigenvalue weighted by molar-refractivity contribution is 6.67. The Morgan fingerprint density at radius 2 is 1.45 bits per heavy atom. The Morgan fingerprint density at radius 3 is 1.91 bits per heavy atom. The van der Waals surface area contributed by atoms with Crippen molar-refractivity contribution in [1.29, 1.82) is 0 Å². The Kier molecular flexibility index (Phi) is 1.20. The fraction of sp³-hybridized carbons (Fsp3) is 0.571. The molecule has 2 bridgehead atoms. The van der Waals surface area contributed by atoms with E-state index in [4.69, 9.17) is 0 Å². The molecule has 2 aliphatic rings. The number of hydrogen-bond donors (Lipinski definition) is 1. The van der Waals surface area contributed by atoms with Gasteiger partial charge in [0.25, 0.3) is 5.78 Å². The van der Waals surface area contributed by atoms with Crippen molar-refractivity contribution in [2.24, 2.45) is 0 Å². The topological polar surface area (TPSA) is 63.2 Å². The van der Waals surface area contributed by atoms with Gasteiger partial charge >= 0.3 is 0 Å². The normalized spacial score (nSPS) is 36.5. The minimum atomic E-state index is -0.809. The van der Waals surface area contributed by atoms with E-state index in [0.717, 1.165) is 0 Å². The molecule has 2 saturated heterocycles. The summed E-state index contributed by atoms with van der Waals surface area (Å²) < 4.78 is 0. The van der Waals surface area contributed by atoms with Gasteiger partial charge in [-0.2, -0.15) is 0 Å². The molecule has 0 aromatic heterocycles. The van der Waals surface area contributed by atoms with Crippen molar-refractivity contribution < 1.29 is 14.4 Å². The summed E-state index contributed by atoms with van der Waals surface area (Å²) in [5, 5.41) is 2.80. The van der Waals surface area contributed by atoms with Crippen molar-refractivity contribution >= 4 is 17.3 Å². The molecule has 2 aliphatic heterocycles. The lowest BCUT2D eigenvalue weighted by Crippen LogP contribution is -2.52. The van der Waals surface area contributed by atoms with Crippen LogP contribution < -0.4 is 5.32 Å². The summed E-state index contributed by atoms with van der Waals surface area (Å²) in [5.74, 6) is -1.91. The summed E-state index contributed by atoms with van der Waals surface area (Å²) in [5.41, 5.74) is 0. The van der Waals surface area contributed by atoms with Crippen LogP contribution in [0.1, 0.15) is 12.8 Å². The Morgan fingerprint density at radius 1 is 1.00 bits per heavy atom. The summed E-state index contributed by atoms with van der Waals surface area (Å²) in [4.78, 5) is 32.8. The van der Waals surface area contributed by atoms with E-state index in [1.807, 2.05) is 0 Å². The quantitative estimate of drug-likeness (QED) is 0.445. The van der Waals surface area contributed by atoms with Gasteiger partial charge in [0.2, 0.25) is 11.6 Å². The number of nitrogens with one attached hydrogen (secondary N) is 1. The van der Waals surface area contributed by atoms with Gasteiger partial charge in [-0.1, -0.05) is 0 Å². The fourth-order valence-electron chi connectivity index (χ4n) is 1.59. The number of carbonyl (C=O) groups excluding carboxylic acids is 3. The first-order chi connectivity index (χ1) is 5.20. The van der Waals surface area contributed by atoms with Crippen LogP contribution in [0.25, 0.3) is 0 Å². The first kappa shape index (κ1) is 6.67.